The zero-order valence-corrected chi connectivity index (χ0v) is 13.3. The molecule has 17 heavy (non-hydrogen) atoms. The fourth-order valence-electron chi connectivity index (χ4n) is 1.81. The van der Waals surface area contributed by atoms with Crippen molar-refractivity contribution < 1.29 is 8.42 Å². The van der Waals surface area contributed by atoms with Crippen LogP contribution in [0.2, 0.25) is 0 Å². The van der Waals surface area contributed by atoms with Gasteiger partial charge in [0, 0.05) is 15.2 Å². The van der Waals surface area contributed by atoms with Gasteiger partial charge in [0.25, 0.3) is 0 Å². The van der Waals surface area contributed by atoms with E-state index in [4.69, 9.17) is 0 Å². The first-order chi connectivity index (χ1) is 7.80. The number of benzene rings is 2. The van der Waals surface area contributed by atoms with Gasteiger partial charge in [0.1, 0.15) is 0 Å². The van der Waals surface area contributed by atoms with Crippen LogP contribution in [0.5, 0.6) is 0 Å². The average Bonchev–Trinajstić information content (AvgIpc) is 2.21. The monoisotopic (exact) mass is 376 g/mol. The summed E-state index contributed by atoms with van der Waals surface area (Å²) in [5.74, 6) is 0. The lowest BCUT2D eigenvalue weighted by atomic mass is 10.1. The molecule has 0 amide bonds. The second kappa shape index (κ2) is 4.37. The standard InChI is InChI=1S/C12H10Br2O2S/c1-7-5-8-9(6-12(7)17(2,15)16)11(14)4-3-10(8)13/h3-6H,1-2H3. The van der Waals surface area contributed by atoms with Crippen molar-refractivity contribution in [1.82, 2.24) is 0 Å². The highest BCUT2D eigenvalue weighted by Crippen LogP contribution is 2.33. The summed E-state index contributed by atoms with van der Waals surface area (Å²) in [7, 11) is -3.19. The van der Waals surface area contributed by atoms with Crippen molar-refractivity contribution in [3.05, 3.63) is 38.8 Å². The molecule has 0 atom stereocenters. The summed E-state index contributed by atoms with van der Waals surface area (Å²) in [6.07, 6.45) is 1.23. The Kier molecular flexibility index (Phi) is 3.36. The van der Waals surface area contributed by atoms with Crippen LogP contribution in [0.25, 0.3) is 10.8 Å². The van der Waals surface area contributed by atoms with E-state index in [1.54, 1.807) is 6.07 Å². The van der Waals surface area contributed by atoms with Crippen LogP contribution in [0.1, 0.15) is 5.56 Å². The number of aryl methyl sites for hydroxylation is 1. The van der Waals surface area contributed by atoms with Crippen molar-refractivity contribution in [3.63, 3.8) is 0 Å². The predicted molar refractivity (Wildman–Crippen MR) is 77.2 cm³/mol. The lowest BCUT2D eigenvalue weighted by Crippen LogP contribution is -2.00. The van der Waals surface area contributed by atoms with Crippen LogP contribution >= 0.6 is 31.9 Å². The lowest BCUT2D eigenvalue weighted by Gasteiger charge is -2.09. The minimum atomic E-state index is -3.19. The zero-order valence-electron chi connectivity index (χ0n) is 9.29. The highest BCUT2D eigenvalue weighted by atomic mass is 79.9. The maximum Gasteiger partial charge on any atom is 0.175 e. The summed E-state index contributed by atoms with van der Waals surface area (Å²) in [5, 5.41) is 1.90. The Morgan fingerprint density at radius 3 is 1.94 bits per heavy atom. The predicted octanol–water partition coefficient (Wildman–Crippen LogP) is 4.08. The SMILES string of the molecule is Cc1cc2c(Br)ccc(Br)c2cc1S(C)(=O)=O. The van der Waals surface area contributed by atoms with Crippen molar-refractivity contribution in [1.29, 1.82) is 0 Å². The van der Waals surface area contributed by atoms with Gasteiger partial charge in [-0.25, -0.2) is 8.42 Å². The molecule has 0 aliphatic carbocycles. The highest BCUT2D eigenvalue weighted by Gasteiger charge is 2.14. The van der Waals surface area contributed by atoms with Gasteiger partial charge in [0.15, 0.2) is 9.84 Å². The summed E-state index contributed by atoms with van der Waals surface area (Å²) in [4.78, 5) is 0.379. The van der Waals surface area contributed by atoms with E-state index < -0.39 is 9.84 Å². The Hall–Kier alpha value is -0.390. The van der Waals surface area contributed by atoms with Gasteiger partial charge in [0.2, 0.25) is 0 Å². The van der Waals surface area contributed by atoms with Gasteiger partial charge in [0.05, 0.1) is 4.90 Å². The van der Waals surface area contributed by atoms with Crippen molar-refractivity contribution in [2.75, 3.05) is 6.26 Å². The topological polar surface area (TPSA) is 34.1 Å². The van der Waals surface area contributed by atoms with Crippen LogP contribution in [-0.2, 0) is 9.84 Å². The molecule has 0 heterocycles. The van der Waals surface area contributed by atoms with Gasteiger partial charge in [-0.3, -0.25) is 0 Å². The summed E-state index contributed by atoms with van der Waals surface area (Å²) in [6, 6.07) is 7.44. The molecule has 0 saturated heterocycles. The van der Waals surface area contributed by atoms with Crippen molar-refractivity contribution in [2.24, 2.45) is 0 Å². The van der Waals surface area contributed by atoms with Gasteiger partial charge in [-0.1, -0.05) is 31.9 Å². The molecule has 90 valence electrons. The third-order valence-electron chi connectivity index (χ3n) is 2.61. The van der Waals surface area contributed by atoms with E-state index in [2.05, 4.69) is 31.9 Å². The molecule has 0 saturated carbocycles. The highest BCUT2D eigenvalue weighted by molar-refractivity contribution is 9.11. The Balaban J connectivity index is 2.95. The summed E-state index contributed by atoms with van der Waals surface area (Å²) in [6.45, 7) is 1.81. The molecule has 0 spiro atoms. The van der Waals surface area contributed by atoms with Gasteiger partial charge in [-0.2, -0.15) is 0 Å². The maximum absolute atomic E-state index is 11.7. The van der Waals surface area contributed by atoms with Crippen LogP contribution in [0.4, 0.5) is 0 Å². The summed E-state index contributed by atoms with van der Waals surface area (Å²) >= 11 is 6.91. The first-order valence-electron chi connectivity index (χ1n) is 4.89. The van der Waals surface area contributed by atoms with Gasteiger partial charge < -0.3 is 0 Å². The third kappa shape index (κ3) is 2.41. The Morgan fingerprint density at radius 2 is 1.47 bits per heavy atom. The molecule has 0 fully saturated rings. The molecule has 0 N–H and O–H groups in total. The Bertz CT molecular complexity index is 706. The van der Waals surface area contributed by atoms with Crippen molar-refractivity contribution in [3.8, 4) is 0 Å². The molecule has 0 radical (unpaired) electrons. The molecule has 0 unspecified atom stereocenters. The molecule has 0 aliphatic heterocycles. The minimum absolute atomic E-state index is 0.379. The smallest absolute Gasteiger partial charge is 0.175 e. The molecule has 2 nitrogen and oxygen atoms in total. The number of hydrogen-bond acceptors (Lipinski definition) is 2. The number of sulfone groups is 1. The fraction of sp³-hybridized carbons (Fsp3) is 0.167. The van der Waals surface area contributed by atoms with Crippen LogP contribution in [-0.4, -0.2) is 14.7 Å². The number of hydrogen-bond donors (Lipinski definition) is 0. The van der Waals surface area contributed by atoms with Crippen molar-refractivity contribution >= 4 is 52.5 Å². The Morgan fingerprint density at radius 1 is 1.00 bits per heavy atom. The third-order valence-corrected chi connectivity index (χ3v) is 5.23. The number of halogens is 2. The van der Waals surface area contributed by atoms with E-state index in [9.17, 15) is 8.42 Å². The molecule has 2 aromatic carbocycles. The average molecular weight is 378 g/mol. The maximum atomic E-state index is 11.7. The van der Waals surface area contributed by atoms with E-state index in [1.807, 2.05) is 25.1 Å². The molecule has 2 rings (SSSR count). The molecule has 2 aromatic rings. The summed E-state index contributed by atoms with van der Waals surface area (Å²) < 4.78 is 25.2. The van der Waals surface area contributed by atoms with Gasteiger partial charge in [-0.05, 0) is 47.5 Å². The van der Waals surface area contributed by atoms with E-state index in [1.165, 1.54) is 6.26 Å². The van der Waals surface area contributed by atoms with E-state index in [0.717, 1.165) is 25.3 Å². The van der Waals surface area contributed by atoms with Gasteiger partial charge in [-0.15, -0.1) is 0 Å². The van der Waals surface area contributed by atoms with E-state index in [0.29, 0.717) is 4.90 Å². The van der Waals surface area contributed by atoms with Crippen molar-refractivity contribution in [2.45, 2.75) is 11.8 Å². The molecule has 5 heteroatoms. The molecule has 0 aliphatic rings. The van der Waals surface area contributed by atoms with Crippen LogP contribution in [0.3, 0.4) is 0 Å². The minimum Gasteiger partial charge on any atom is -0.224 e. The summed E-state index contributed by atoms with van der Waals surface area (Å²) in [5.41, 5.74) is 0.763. The number of rotatable bonds is 1. The molecular formula is C12H10Br2O2S. The molecule has 0 aromatic heterocycles. The van der Waals surface area contributed by atoms with E-state index >= 15 is 0 Å². The van der Waals surface area contributed by atoms with Gasteiger partial charge >= 0.3 is 0 Å². The quantitative estimate of drug-likeness (QED) is 0.750. The first-order valence-corrected chi connectivity index (χ1v) is 8.37. The lowest BCUT2D eigenvalue weighted by molar-refractivity contribution is 0.601. The second-order valence-electron chi connectivity index (χ2n) is 3.96. The largest absolute Gasteiger partial charge is 0.224 e. The van der Waals surface area contributed by atoms with Crippen LogP contribution in [0.15, 0.2) is 38.1 Å². The molecular weight excluding hydrogens is 368 g/mol. The number of fused-ring (bicyclic) bond motifs is 1. The van der Waals surface area contributed by atoms with Crippen LogP contribution in [0, 0.1) is 6.92 Å². The Labute approximate surface area is 117 Å². The van der Waals surface area contributed by atoms with Crippen LogP contribution < -0.4 is 0 Å². The second-order valence-corrected chi connectivity index (χ2v) is 7.66. The first kappa shape index (κ1) is 13.1. The molecule has 0 bridgehead atoms. The van der Waals surface area contributed by atoms with E-state index in [-0.39, 0.29) is 0 Å². The zero-order chi connectivity index (χ0) is 12.8. The normalized spacial score (nSPS) is 12.0. The fourth-order valence-corrected chi connectivity index (χ4v) is 3.70.